The lowest BCUT2D eigenvalue weighted by Crippen LogP contribution is -2.63. The molecule has 1 saturated carbocycles. The quantitative estimate of drug-likeness (QED) is 0.163. The van der Waals surface area contributed by atoms with Crippen LogP contribution in [0.2, 0.25) is 5.02 Å². The van der Waals surface area contributed by atoms with Gasteiger partial charge in [-0.2, -0.15) is 0 Å². The first kappa shape index (κ1) is 38.3. The van der Waals surface area contributed by atoms with Crippen LogP contribution in [0.4, 0.5) is 0 Å². The SMILES string of the molecule is Cc1cc(Cl)c(OCCOc2ccc(C3=C(C(=O)N(Cc4ccccc4C)C4CC4)[C@@H]4CN(C(=O)[C@@H]5C[C@@H](O)CN5)C[C@H](C3)N4)cc2)cc1C.O=CO. The second kappa shape index (κ2) is 17.2. The van der Waals surface area contributed by atoms with Gasteiger partial charge in [-0.15, -0.1) is 0 Å². The number of amides is 2. The molecule has 7 rings (SSSR count). The van der Waals surface area contributed by atoms with Crippen molar-refractivity contribution in [1.29, 1.82) is 0 Å². The second-order valence-electron chi connectivity index (χ2n) is 14.4. The number of aliphatic hydroxyl groups is 1. The minimum Gasteiger partial charge on any atom is -0.490 e. The summed E-state index contributed by atoms with van der Waals surface area (Å²) in [6.45, 7) is 8.54. The average molecular weight is 745 g/mol. The van der Waals surface area contributed by atoms with E-state index in [1.165, 1.54) is 5.56 Å². The monoisotopic (exact) mass is 744 g/mol. The van der Waals surface area contributed by atoms with Gasteiger partial charge in [0.25, 0.3) is 12.4 Å². The first-order valence-corrected chi connectivity index (χ1v) is 18.7. The topological polar surface area (TPSA) is 141 Å². The minimum atomic E-state index is -0.515. The van der Waals surface area contributed by atoms with Crippen LogP contribution in [-0.2, 0) is 20.9 Å². The van der Waals surface area contributed by atoms with Crippen molar-refractivity contribution >= 4 is 35.5 Å². The predicted octanol–water partition coefficient (Wildman–Crippen LogP) is 4.66. The first-order chi connectivity index (χ1) is 25.6. The number of benzene rings is 3. The molecule has 53 heavy (non-hydrogen) atoms. The number of rotatable bonds is 11. The summed E-state index contributed by atoms with van der Waals surface area (Å²) >= 11 is 6.37. The van der Waals surface area contributed by atoms with E-state index in [4.69, 9.17) is 31.0 Å². The molecule has 4 aliphatic rings. The number of ether oxygens (including phenoxy) is 2. The number of carboxylic acid groups (broad SMARTS) is 1. The summed E-state index contributed by atoms with van der Waals surface area (Å²) in [7, 11) is 0. The van der Waals surface area contributed by atoms with Crippen LogP contribution in [0.15, 0.2) is 66.2 Å². The van der Waals surface area contributed by atoms with Crippen LogP contribution in [0.3, 0.4) is 0 Å². The molecule has 1 aliphatic carbocycles. The Morgan fingerprint density at radius 1 is 0.981 bits per heavy atom. The van der Waals surface area contributed by atoms with Gasteiger partial charge in [-0.3, -0.25) is 14.4 Å². The lowest BCUT2D eigenvalue weighted by molar-refractivity contribution is -0.136. The maximum atomic E-state index is 14.8. The van der Waals surface area contributed by atoms with E-state index in [1.807, 2.05) is 67.3 Å². The lowest BCUT2D eigenvalue weighted by atomic mass is 9.82. The summed E-state index contributed by atoms with van der Waals surface area (Å²) in [5.41, 5.74) is 7.31. The molecule has 3 aliphatic heterocycles. The van der Waals surface area contributed by atoms with Crippen molar-refractivity contribution in [1.82, 2.24) is 20.4 Å². The van der Waals surface area contributed by atoms with Gasteiger partial charge in [0.05, 0.1) is 23.2 Å². The van der Waals surface area contributed by atoms with Crippen molar-refractivity contribution in [3.8, 4) is 11.5 Å². The van der Waals surface area contributed by atoms with Crippen molar-refractivity contribution < 1.29 is 34.1 Å². The number of nitrogens with zero attached hydrogens (tertiary/aromatic N) is 2. The highest BCUT2D eigenvalue weighted by molar-refractivity contribution is 6.32. The number of hydrogen-bond acceptors (Lipinski definition) is 8. The zero-order chi connectivity index (χ0) is 37.6. The summed E-state index contributed by atoms with van der Waals surface area (Å²) in [5, 5.41) is 24.4. The highest BCUT2D eigenvalue weighted by atomic mass is 35.5. The number of aryl methyl sites for hydroxylation is 3. The molecule has 0 aromatic heterocycles. The largest absolute Gasteiger partial charge is 0.490 e. The maximum absolute atomic E-state index is 14.8. The predicted molar refractivity (Wildman–Crippen MR) is 203 cm³/mol. The fraction of sp³-hybridized carbons (Fsp3) is 0.439. The Hall–Kier alpha value is -4.42. The van der Waals surface area contributed by atoms with Crippen LogP contribution < -0.4 is 20.1 Å². The molecule has 2 bridgehead atoms. The highest BCUT2D eigenvalue weighted by Gasteiger charge is 2.44. The van der Waals surface area contributed by atoms with Gasteiger partial charge in [0.2, 0.25) is 5.91 Å². The van der Waals surface area contributed by atoms with Crippen LogP contribution in [0, 0.1) is 20.8 Å². The molecule has 4 atom stereocenters. The van der Waals surface area contributed by atoms with Crippen molar-refractivity contribution in [2.24, 2.45) is 0 Å². The third kappa shape index (κ3) is 9.21. The molecule has 0 spiro atoms. The second-order valence-corrected chi connectivity index (χ2v) is 14.8. The van der Waals surface area contributed by atoms with Crippen molar-refractivity contribution in [3.05, 3.63) is 99.1 Å². The summed E-state index contributed by atoms with van der Waals surface area (Å²) < 4.78 is 11.9. The molecule has 12 heteroatoms. The van der Waals surface area contributed by atoms with Crippen LogP contribution in [0.25, 0.3) is 5.57 Å². The minimum absolute atomic E-state index is 0.00229. The Balaban J connectivity index is 0.00000155. The van der Waals surface area contributed by atoms with Gasteiger partial charge in [0.15, 0.2) is 0 Å². The zero-order valence-corrected chi connectivity index (χ0v) is 31.3. The van der Waals surface area contributed by atoms with Gasteiger partial charge in [-0.05, 0) is 104 Å². The van der Waals surface area contributed by atoms with Crippen LogP contribution >= 0.6 is 11.6 Å². The van der Waals surface area contributed by atoms with Gasteiger partial charge in [-0.1, -0.05) is 48.0 Å². The summed E-state index contributed by atoms with van der Waals surface area (Å²) in [6, 6.07) is 19.6. The Morgan fingerprint density at radius 2 is 1.68 bits per heavy atom. The number of nitrogens with one attached hydrogen (secondary N) is 2. The number of aliphatic hydroxyl groups excluding tert-OH is 1. The molecule has 11 nitrogen and oxygen atoms in total. The molecule has 3 heterocycles. The first-order valence-electron chi connectivity index (χ1n) is 18.3. The Labute approximate surface area is 315 Å². The smallest absolute Gasteiger partial charge is 0.290 e. The maximum Gasteiger partial charge on any atom is 0.290 e. The molecule has 3 fully saturated rings. The van der Waals surface area contributed by atoms with Gasteiger partial charge in [0.1, 0.15) is 24.7 Å². The molecular weight excluding hydrogens is 696 g/mol. The van der Waals surface area contributed by atoms with Crippen LogP contribution in [-0.4, -0.2) is 101 Å². The summed E-state index contributed by atoms with van der Waals surface area (Å²) in [6.07, 6.45) is 2.50. The third-order valence-corrected chi connectivity index (χ3v) is 10.9. The van der Waals surface area contributed by atoms with Crippen LogP contribution in [0.5, 0.6) is 11.5 Å². The van der Waals surface area contributed by atoms with E-state index in [2.05, 4.69) is 34.6 Å². The standard InChI is InChI=1S/C40H47ClN4O5.CH2O2/c1-24-6-4-5-7-28(24)21-45(30-10-11-30)40(48)38-33(18-29-22-44(23-36(38)43-29)39(47)35-19-31(46)20-42-35)27-8-12-32(13-9-27)49-14-15-50-37-17-26(3)25(2)16-34(37)41;2-1-3/h4-9,12-13,16-17,29-31,35-36,42-43,46H,10-11,14-15,18-23H2,1-3H3;1H,(H,2,3)/t29-,31+,35-,36-;/m0./s1. The van der Waals surface area contributed by atoms with Crippen LogP contribution in [0.1, 0.15) is 53.5 Å². The molecule has 0 unspecified atom stereocenters. The van der Waals surface area contributed by atoms with E-state index >= 15 is 0 Å². The Kier molecular flexibility index (Phi) is 12.4. The number of hydrogen-bond donors (Lipinski definition) is 4. The van der Waals surface area contributed by atoms with Gasteiger partial charge >= 0.3 is 0 Å². The van der Waals surface area contributed by atoms with E-state index in [0.717, 1.165) is 46.2 Å². The third-order valence-electron chi connectivity index (χ3n) is 10.6. The normalized spacial score (nSPS) is 22.1. The molecule has 3 aromatic carbocycles. The van der Waals surface area contributed by atoms with E-state index in [0.29, 0.717) is 68.8 Å². The number of piperazine rings is 1. The molecule has 2 amide bonds. The molecule has 282 valence electrons. The van der Waals surface area contributed by atoms with Crippen molar-refractivity contribution in [2.75, 3.05) is 32.8 Å². The number of β-amino-alcohol motifs (C(OH)–C–C–N with tert-alkyl or cyclic N) is 1. The Bertz CT molecular complexity index is 1830. The fourth-order valence-electron chi connectivity index (χ4n) is 7.48. The summed E-state index contributed by atoms with van der Waals surface area (Å²) in [5.74, 6) is 1.40. The number of halogens is 1. The van der Waals surface area contributed by atoms with Gasteiger partial charge < -0.3 is 40.1 Å². The lowest BCUT2D eigenvalue weighted by Gasteiger charge is -2.45. The molecular formula is C41H49ClN4O7. The molecule has 0 radical (unpaired) electrons. The average Bonchev–Trinajstić information content (AvgIpc) is 3.89. The molecule has 4 N–H and O–H groups in total. The van der Waals surface area contributed by atoms with E-state index in [9.17, 15) is 14.7 Å². The number of carbonyl (C=O) groups excluding carboxylic acids is 2. The van der Waals surface area contributed by atoms with E-state index in [1.54, 1.807) is 0 Å². The zero-order valence-electron chi connectivity index (χ0n) is 30.5. The molecule has 3 aromatic rings. The van der Waals surface area contributed by atoms with Gasteiger partial charge in [0, 0.05) is 43.8 Å². The van der Waals surface area contributed by atoms with Crippen molar-refractivity contribution in [2.45, 2.75) is 83.3 Å². The highest BCUT2D eigenvalue weighted by Crippen LogP contribution is 2.38. The fourth-order valence-corrected chi connectivity index (χ4v) is 7.75. The Morgan fingerprint density at radius 3 is 2.36 bits per heavy atom. The van der Waals surface area contributed by atoms with Crippen molar-refractivity contribution in [3.63, 3.8) is 0 Å². The van der Waals surface area contributed by atoms with E-state index in [-0.39, 0.29) is 36.4 Å². The number of carbonyl (C=O) groups is 3. The summed E-state index contributed by atoms with van der Waals surface area (Å²) in [4.78, 5) is 40.7. The van der Waals surface area contributed by atoms with Gasteiger partial charge in [-0.25, -0.2) is 0 Å². The van der Waals surface area contributed by atoms with E-state index < -0.39 is 12.1 Å². The number of fused-ring (bicyclic) bond motifs is 2. The molecule has 2 saturated heterocycles.